The molecule has 0 aliphatic carbocycles. The highest BCUT2D eigenvalue weighted by atomic mass is 35.5. The highest BCUT2D eigenvalue weighted by Crippen LogP contribution is 2.11. The van der Waals surface area contributed by atoms with Crippen molar-refractivity contribution in [3.05, 3.63) is 36.4 Å². The highest BCUT2D eigenvalue weighted by molar-refractivity contribution is 7.98. The van der Waals surface area contributed by atoms with Crippen molar-refractivity contribution in [1.29, 1.82) is 0 Å². The normalized spacial score (nSPS) is 10.4. The molecule has 0 aliphatic rings. The number of nitrogens with zero attached hydrogens (tertiary/aromatic N) is 4. The number of nitrogens with one attached hydrogen (secondary N) is 2. The molecule has 0 amide bonds. The molecule has 2 aromatic rings. The zero-order chi connectivity index (χ0) is 15.6. The Morgan fingerprint density at radius 2 is 2.20 bits per heavy atom. The summed E-state index contributed by atoms with van der Waals surface area (Å²) < 4.78 is 2.03. The van der Waals surface area contributed by atoms with Gasteiger partial charge in [-0.2, -0.15) is 11.8 Å². The predicted octanol–water partition coefficient (Wildman–Crippen LogP) is 2.41. The number of aliphatic imine (C=N–C) groups is 1. The summed E-state index contributed by atoms with van der Waals surface area (Å²) in [5.74, 6) is 2.40. The molecule has 0 spiro atoms. The lowest BCUT2D eigenvalue weighted by Gasteiger charge is -2.05. The molecule has 0 bridgehead atoms. The van der Waals surface area contributed by atoms with Gasteiger partial charge >= 0.3 is 0 Å². The number of aromatic nitrogens is 4. The highest BCUT2D eigenvalue weighted by Gasteiger charge is 2.00. The van der Waals surface area contributed by atoms with Gasteiger partial charge in [-0.25, -0.2) is 9.97 Å². The molecular formula is C14H26Cl3N7S. The van der Waals surface area contributed by atoms with E-state index >= 15 is 0 Å². The average molecular weight is 431 g/mol. The molecule has 0 aliphatic heterocycles. The Labute approximate surface area is 171 Å². The Hall–Kier alpha value is -1.09. The topological polar surface area (TPSA) is 96.9 Å². The number of guanidine groups is 1. The van der Waals surface area contributed by atoms with E-state index in [1.54, 1.807) is 12.5 Å². The van der Waals surface area contributed by atoms with E-state index in [2.05, 4.69) is 25.3 Å². The summed E-state index contributed by atoms with van der Waals surface area (Å²) in [4.78, 5) is 15.7. The van der Waals surface area contributed by atoms with Gasteiger partial charge in [0.2, 0.25) is 0 Å². The van der Waals surface area contributed by atoms with Crippen molar-refractivity contribution in [3.8, 4) is 0 Å². The number of thioether (sulfide) groups is 1. The molecule has 2 heterocycles. The number of aryl methyl sites for hydroxylation is 2. The second-order valence-corrected chi connectivity index (χ2v) is 5.98. The van der Waals surface area contributed by atoms with Crippen LogP contribution in [0.3, 0.4) is 0 Å². The molecule has 2 aromatic heterocycles. The van der Waals surface area contributed by atoms with Gasteiger partial charge in [0.25, 0.3) is 0 Å². The second-order valence-electron chi connectivity index (χ2n) is 4.87. The lowest BCUT2D eigenvalue weighted by molar-refractivity contribution is 0.649. The van der Waals surface area contributed by atoms with Crippen LogP contribution >= 0.6 is 49.0 Å². The molecule has 144 valence electrons. The summed E-state index contributed by atoms with van der Waals surface area (Å²) >= 11 is 1.83. The maximum atomic E-state index is 5.83. The molecule has 0 aromatic carbocycles. The fourth-order valence-electron chi connectivity index (χ4n) is 1.88. The largest absolute Gasteiger partial charge is 0.370 e. The lowest BCUT2D eigenvalue weighted by Crippen LogP contribution is -2.33. The monoisotopic (exact) mass is 429 g/mol. The minimum atomic E-state index is 0. The summed E-state index contributed by atoms with van der Waals surface area (Å²) in [5, 5.41) is 3.13. The Morgan fingerprint density at radius 3 is 2.84 bits per heavy atom. The van der Waals surface area contributed by atoms with Gasteiger partial charge in [-0.3, -0.25) is 4.99 Å². The molecular weight excluding hydrogens is 405 g/mol. The third kappa shape index (κ3) is 10.5. The number of nitrogens with two attached hydrogens (primary N) is 1. The maximum Gasteiger partial charge on any atom is 0.188 e. The summed E-state index contributed by atoms with van der Waals surface area (Å²) in [6.07, 6.45) is 8.22. The number of aromatic amines is 1. The first-order chi connectivity index (χ1) is 10.8. The number of imidazole rings is 2. The van der Waals surface area contributed by atoms with Crippen molar-refractivity contribution in [2.24, 2.45) is 10.7 Å². The average Bonchev–Trinajstić information content (AvgIpc) is 3.15. The van der Waals surface area contributed by atoms with Crippen LogP contribution in [-0.2, 0) is 12.3 Å². The van der Waals surface area contributed by atoms with Gasteiger partial charge in [0.1, 0.15) is 0 Å². The number of hydrogen-bond donors (Lipinski definition) is 3. The number of H-pyrrole nitrogens is 1. The van der Waals surface area contributed by atoms with Crippen LogP contribution in [0.15, 0.2) is 30.0 Å². The zero-order valence-electron chi connectivity index (χ0n) is 14.1. The van der Waals surface area contributed by atoms with E-state index < -0.39 is 0 Å². The van der Waals surface area contributed by atoms with Crippen LogP contribution in [-0.4, -0.2) is 44.3 Å². The minimum absolute atomic E-state index is 0. The first-order valence-corrected chi connectivity index (χ1v) is 8.47. The number of halogens is 3. The first kappa shape index (κ1) is 26.1. The van der Waals surface area contributed by atoms with Crippen molar-refractivity contribution in [3.63, 3.8) is 0 Å². The van der Waals surface area contributed by atoms with Crippen molar-refractivity contribution in [2.75, 3.05) is 18.8 Å². The van der Waals surface area contributed by atoms with Crippen LogP contribution in [0.25, 0.3) is 0 Å². The van der Waals surface area contributed by atoms with Gasteiger partial charge in [-0.1, -0.05) is 0 Å². The van der Waals surface area contributed by atoms with Crippen LogP contribution in [0.5, 0.6) is 0 Å². The standard InChI is InChI=1S/C14H23N7S.3ClH/c1-12-13(20-10-19-12)9-22-8-5-18-14(15)17-3-2-6-21-7-4-16-11-21;;;/h4,7,10-11H,2-3,5-6,8-9H2,1H3,(H,19,20)(H3,15,17,18);3*1H. The van der Waals surface area contributed by atoms with Crippen molar-refractivity contribution in [1.82, 2.24) is 24.8 Å². The fourth-order valence-corrected chi connectivity index (χ4v) is 2.76. The van der Waals surface area contributed by atoms with Gasteiger partial charge in [0, 0.05) is 49.2 Å². The fraction of sp³-hybridized carbons (Fsp3) is 0.500. The van der Waals surface area contributed by atoms with Crippen molar-refractivity contribution >= 4 is 54.9 Å². The van der Waals surface area contributed by atoms with Crippen LogP contribution < -0.4 is 11.1 Å². The van der Waals surface area contributed by atoms with Crippen molar-refractivity contribution < 1.29 is 0 Å². The molecule has 0 saturated heterocycles. The lowest BCUT2D eigenvalue weighted by atomic mass is 10.4. The summed E-state index contributed by atoms with van der Waals surface area (Å²) in [6.45, 7) is 4.48. The molecule has 11 heteroatoms. The number of rotatable bonds is 9. The smallest absolute Gasteiger partial charge is 0.188 e. The third-order valence-corrected chi connectivity index (χ3v) is 4.11. The molecule has 0 radical (unpaired) electrons. The van der Waals surface area contributed by atoms with E-state index in [0.29, 0.717) is 5.96 Å². The summed E-state index contributed by atoms with van der Waals surface area (Å²) in [7, 11) is 0. The van der Waals surface area contributed by atoms with Crippen LogP contribution in [0, 0.1) is 6.92 Å². The van der Waals surface area contributed by atoms with E-state index in [4.69, 9.17) is 5.73 Å². The predicted molar refractivity (Wildman–Crippen MR) is 113 cm³/mol. The van der Waals surface area contributed by atoms with Gasteiger partial charge in [0.05, 0.1) is 18.3 Å². The van der Waals surface area contributed by atoms with Gasteiger partial charge in [-0.15, -0.1) is 37.2 Å². The summed E-state index contributed by atoms with van der Waals surface area (Å²) in [6, 6.07) is 0. The van der Waals surface area contributed by atoms with Crippen LogP contribution in [0.2, 0.25) is 0 Å². The quantitative estimate of drug-likeness (QED) is 0.322. The molecule has 0 fully saturated rings. The van der Waals surface area contributed by atoms with Crippen LogP contribution in [0.4, 0.5) is 0 Å². The molecule has 0 atom stereocenters. The van der Waals surface area contributed by atoms with Crippen LogP contribution in [0.1, 0.15) is 17.8 Å². The van der Waals surface area contributed by atoms with E-state index in [1.165, 1.54) is 0 Å². The Balaban J connectivity index is 0. The molecule has 7 nitrogen and oxygen atoms in total. The van der Waals surface area contributed by atoms with E-state index in [0.717, 1.165) is 48.9 Å². The molecule has 0 unspecified atom stereocenters. The molecule has 4 N–H and O–H groups in total. The Bertz CT molecular complexity index is 575. The van der Waals surface area contributed by atoms with Gasteiger partial charge in [-0.05, 0) is 13.3 Å². The Morgan fingerprint density at radius 1 is 1.40 bits per heavy atom. The minimum Gasteiger partial charge on any atom is -0.370 e. The van der Waals surface area contributed by atoms with Gasteiger partial charge in [0.15, 0.2) is 5.96 Å². The van der Waals surface area contributed by atoms with Crippen molar-refractivity contribution in [2.45, 2.75) is 25.6 Å². The molecule has 0 saturated carbocycles. The molecule has 2 rings (SSSR count). The molecule has 25 heavy (non-hydrogen) atoms. The number of hydrogen-bond acceptors (Lipinski definition) is 4. The zero-order valence-corrected chi connectivity index (χ0v) is 17.3. The first-order valence-electron chi connectivity index (χ1n) is 7.32. The van der Waals surface area contributed by atoms with Gasteiger partial charge < -0.3 is 20.6 Å². The Kier molecular flexibility index (Phi) is 15.9. The SMILES string of the molecule is Cc1[nH]cnc1CSCCNC(N)=NCCCn1ccnc1.Cl.Cl.Cl. The second kappa shape index (κ2) is 15.2. The van der Waals surface area contributed by atoms with E-state index in [1.807, 2.05) is 35.8 Å². The maximum absolute atomic E-state index is 5.83. The third-order valence-electron chi connectivity index (χ3n) is 3.14. The van der Waals surface area contributed by atoms with E-state index in [9.17, 15) is 0 Å². The summed E-state index contributed by atoms with van der Waals surface area (Å²) in [5.41, 5.74) is 8.08. The van der Waals surface area contributed by atoms with E-state index in [-0.39, 0.29) is 37.2 Å².